The fraction of sp³-hybridized carbons (Fsp3) is 1.00. The van der Waals surface area contributed by atoms with E-state index < -0.39 is 0 Å². The minimum absolute atomic E-state index is 0.789. The molecule has 0 aromatic carbocycles. The lowest BCUT2D eigenvalue weighted by Gasteiger charge is -2.34. The standard InChI is InChI=1S/C9H18S3/c10-4-7-1-2-8(5-11)9(3-7)6-12/h7-12H,1-6H2/t7-,8-,9-/m0/s1. The normalized spacial score (nSPS) is 36.8. The first kappa shape index (κ1) is 11.1. The molecule has 0 heterocycles. The Kier molecular flexibility index (Phi) is 5.30. The van der Waals surface area contributed by atoms with Crippen LogP contribution in [-0.4, -0.2) is 17.3 Å². The summed E-state index contributed by atoms with van der Waals surface area (Å²) in [6.45, 7) is 0. The van der Waals surface area contributed by atoms with E-state index in [1.54, 1.807) is 0 Å². The van der Waals surface area contributed by atoms with E-state index in [1.807, 2.05) is 0 Å². The zero-order valence-corrected chi connectivity index (χ0v) is 10.00. The summed E-state index contributed by atoms with van der Waals surface area (Å²) in [5, 5.41) is 0. The van der Waals surface area contributed by atoms with Crippen LogP contribution >= 0.6 is 37.9 Å². The van der Waals surface area contributed by atoms with Gasteiger partial charge in [0.15, 0.2) is 0 Å². The molecule has 0 nitrogen and oxygen atoms in total. The molecule has 0 spiro atoms. The van der Waals surface area contributed by atoms with Gasteiger partial charge in [0, 0.05) is 0 Å². The van der Waals surface area contributed by atoms with Crippen LogP contribution in [-0.2, 0) is 0 Å². The predicted octanol–water partition coefficient (Wildman–Crippen LogP) is 2.81. The molecule has 0 N–H and O–H groups in total. The van der Waals surface area contributed by atoms with Crippen LogP contribution in [0.4, 0.5) is 0 Å². The lowest BCUT2D eigenvalue weighted by Crippen LogP contribution is -2.28. The molecule has 0 aromatic rings. The van der Waals surface area contributed by atoms with Gasteiger partial charge in [-0.15, -0.1) is 0 Å². The fourth-order valence-electron chi connectivity index (χ4n) is 2.05. The molecule has 0 aromatic heterocycles. The van der Waals surface area contributed by atoms with Gasteiger partial charge in [-0.25, -0.2) is 0 Å². The van der Waals surface area contributed by atoms with Gasteiger partial charge in [-0.05, 0) is 54.3 Å². The van der Waals surface area contributed by atoms with Crippen LogP contribution in [0.5, 0.6) is 0 Å². The van der Waals surface area contributed by atoms with Gasteiger partial charge in [0.2, 0.25) is 0 Å². The molecule has 3 heteroatoms. The van der Waals surface area contributed by atoms with Crippen LogP contribution in [0.2, 0.25) is 0 Å². The summed E-state index contributed by atoms with van der Waals surface area (Å²) in [5.41, 5.74) is 0. The number of hydrogen-bond acceptors (Lipinski definition) is 3. The van der Waals surface area contributed by atoms with Crippen molar-refractivity contribution in [2.75, 3.05) is 17.3 Å². The third-order valence-corrected chi connectivity index (χ3v) is 4.43. The molecule has 1 saturated carbocycles. The third-order valence-electron chi connectivity index (χ3n) is 2.98. The summed E-state index contributed by atoms with van der Waals surface area (Å²) in [7, 11) is 0. The monoisotopic (exact) mass is 222 g/mol. The first-order valence-corrected chi connectivity index (χ1v) is 6.54. The molecule has 0 saturated heterocycles. The molecule has 1 rings (SSSR count). The zero-order chi connectivity index (χ0) is 8.97. The summed E-state index contributed by atoms with van der Waals surface area (Å²) in [5.74, 6) is 5.53. The average Bonchev–Trinajstić information content (AvgIpc) is 2.16. The molecule has 0 radical (unpaired) electrons. The second kappa shape index (κ2) is 5.71. The Bertz CT molecular complexity index is 127. The molecule has 1 aliphatic rings. The first-order valence-electron chi connectivity index (χ1n) is 4.64. The minimum Gasteiger partial charge on any atom is -0.179 e. The molecule has 12 heavy (non-hydrogen) atoms. The van der Waals surface area contributed by atoms with Gasteiger partial charge in [0.25, 0.3) is 0 Å². The van der Waals surface area contributed by atoms with E-state index in [0.717, 1.165) is 35.0 Å². The zero-order valence-electron chi connectivity index (χ0n) is 7.32. The summed E-state index contributed by atoms with van der Waals surface area (Å²) < 4.78 is 0. The van der Waals surface area contributed by atoms with Gasteiger partial charge in [-0.3, -0.25) is 0 Å². The van der Waals surface area contributed by atoms with Crippen molar-refractivity contribution >= 4 is 37.9 Å². The van der Waals surface area contributed by atoms with Crippen LogP contribution in [0.25, 0.3) is 0 Å². The quantitative estimate of drug-likeness (QED) is 0.601. The highest BCUT2D eigenvalue weighted by Crippen LogP contribution is 2.35. The Labute approximate surface area is 92.1 Å². The molecule has 1 fully saturated rings. The van der Waals surface area contributed by atoms with Crippen LogP contribution < -0.4 is 0 Å². The van der Waals surface area contributed by atoms with Crippen molar-refractivity contribution in [3.05, 3.63) is 0 Å². The van der Waals surface area contributed by atoms with Crippen molar-refractivity contribution in [3.8, 4) is 0 Å². The second-order valence-electron chi connectivity index (χ2n) is 3.75. The van der Waals surface area contributed by atoms with Crippen molar-refractivity contribution in [1.82, 2.24) is 0 Å². The smallest absolute Gasteiger partial charge is 0.00665 e. The maximum atomic E-state index is 4.40. The van der Waals surface area contributed by atoms with Gasteiger partial charge in [-0.2, -0.15) is 37.9 Å². The van der Waals surface area contributed by atoms with E-state index in [0.29, 0.717) is 0 Å². The topological polar surface area (TPSA) is 0 Å². The van der Waals surface area contributed by atoms with E-state index in [2.05, 4.69) is 37.9 Å². The Morgan fingerprint density at radius 2 is 1.50 bits per heavy atom. The van der Waals surface area contributed by atoms with Crippen molar-refractivity contribution in [3.63, 3.8) is 0 Å². The average molecular weight is 222 g/mol. The van der Waals surface area contributed by atoms with Gasteiger partial charge in [-0.1, -0.05) is 0 Å². The lowest BCUT2D eigenvalue weighted by molar-refractivity contribution is 0.232. The van der Waals surface area contributed by atoms with Crippen LogP contribution in [0.3, 0.4) is 0 Å². The minimum atomic E-state index is 0.789. The van der Waals surface area contributed by atoms with Crippen LogP contribution in [0.1, 0.15) is 19.3 Å². The van der Waals surface area contributed by atoms with Gasteiger partial charge in [0.1, 0.15) is 0 Å². The fourth-order valence-corrected chi connectivity index (χ4v) is 3.31. The van der Waals surface area contributed by atoms with Crippen LogP contribution in [0, 0.1) is 17.8 Å². The maximum Gasteiger partial charge on any atom is -0.00665 e. The number of thiol groups is 3. The predicted molar refractivity (Wildman–Crippen MR) is 65.9 cm³/mol. The van der Waals surface area contributed by atoms with Gasteiger partial charge in [0.05, 0.1) is 0 Å². The van der Waals surface area contributed by atoms with Crippen LogP contribution in [0.15, 0.2) is 0 Å². The second-order valence-corrected chi connectivity index (χ2v) is 4.84. The summed E-state index contributed by atoms with van der Waals surface area (Å²) in [6, 6.07) is 0. The summed E-state index contributed by atoms with van der Waals surface area (Å²) >= 11 is 13.1. The molecular formula is C9H18S3. The highest BCUT2D eigenvalue weighted by atomic mass is 32.1. The first-order chi connectivity index (χ1) is 5.81. The van der Waals surface area contributed by atoms with E-state index >= 15 is 0 Å². The Morgan fingerprint density at radius 3 is 2.00 bits per heavy atom. The highest BCUT2D eigenvalue weighted by molar-refractivity contribution is 7.80. The molecule has 0 amide bonds. The highest BCUT2D eigenvalue weighted by Gasteiger charge is 2.27. The molecule has 0 unspecified atom stereocenters. The van der Waals surface area contributed by atoms with E-state index in [-0.39, 0.29) is 0 Å². The molecule has 0 bridgehead atoms. The summed E-state index contributed by atoms with van der Waals surface area (Å²) in [6.07, 6.45) is 4.00. The van der Waals surface area contributed by atoms with E-state index in [4.69, 9.17) is 0 Å². The number of rotatable bonds is 3. The van der Waals surface area contributed by atoms with Gasteiger partial charge < -0.3 is 0 Å². The molecule has 3 atom stereocenters. The Morgan fingerprint density at radius 1 is 0.833 bits per heavy atom. The Balaban J connectivity index is 2.41. The molecular weight excluding hydrogens is 204 g/mol. The molecule has 0 aliphatic heterocycles. The maximum absolute atomic E-state index is 4.40. The van der Waals surface area contributed by atoms with Crippen molar-refractivity contribution in [1.29, 1.82) is 0 Å². The lowest BCUT2D eigenvalue weighted by atomic mass is 9.76. The van der Waals surface area contributed by atoms with Crippen molar-refractivity contribution in [2.45, 2.75) is 19.3 Å². The third kappa shape index (κ3) is 2.78. The SMILES string of the molecule is SC[C@H]1CC[C@@H](CS)[C@H](CS)C1. The number of hydrogen-bond donors (Lipinski definition) is 3. The van der Waals surface area contributed by atoms with Crippen molar-refractivity contribution < 1.29 is 0 Å². The van der Waals surface area contributed by atoms with Crippen molar-refractivity contribution in [2.24, 2.45) is 17.8 Å². The largest absolute Gasteiger partial charge is 0.179 e. The molecule has 1 aliphatic carbocycles. The van der Waals surface area contributed by atoms with E-state index in [9.17, 15) is 0 Å². The van der Waals surface area contributed by atoms with Gasteiger partial charge >= 0.3 is 0 Å². The Hall–Kier alpha value is 1.05. The molecule has 72 valence electrons. The van der Waals surface area contributed by atoms with E-state index in [1.165, 1.54) is 19.3 Å². The summed E-state index contributed by atoms with van der Waals surface area (Å²) in [4.78, 5) is 0.